The Morgan fingerprint density at radius 1 is 1.48 bits per heavy atom. The third kappa shape index (κ3) is 2.24. The van der Waals surface area contributed by atoms with Crippen molar-refractivity contribution in [3.8, 4) is 0 Å². The van der Waals surface area contributed by atoms with E-state index < -0.39 is 11.4 Å². The van der Waals surface area contributed by atoms with Crippen LogP contribution in [0.25, 0.3) is 11.1 Å². The van der Waals surface area contributed by atoms with Gasteiger partial charge in [0.1, 0.15) is 0 Å². The third-order valence-electron chi connectivity index (χ3n) is 4.12. The van der Waals surface area contributed by atoms with Crippen molar-refractivity contribution in [3.05, 3.63) is 23.5 Å². The highest BCUT2D eigenvalue weighted by Crippen LogP contribution is 2.40. The topological polar surface area (TPSA) is 105 Å². The number of carbonyl (C=O) groups excluding carboxylic acids is 1. The first kappa shape index (κ1) is 13.5. The number of nitrogens with one attached hydrogen (secondary N) is 1. The van der Waals surface area contributed by atoms with Gasteiger partial charge in [0.15, 0.2) is 0 Å². The number of aromatic nitrogens is 2. The maximum Gasteiger partial charge on any atom is 0.311 e. The first-order chi connectivity index (χ1) is 10.0. The molecular weight excluding hydrogens is 274 g/mol. The van der Waals surface area contributed by atoms with Crippen LogP contribution < -0.4 is 5.32 Å². The quantitative estimate of drug-likeness (QED) is 0.884. The van der Waals surface area contributed by atoms with E-state index >= 15 is 0 Å². The van der Waals surface area contributed by atoms with Crippen LogP contribution in [0.4, 0.5) is 0 Å². The number of fused-ring (bicyclic) bond motifs is 1. The number of carboxylic acid groups (broad SMARTS) is 1. The molecule has 2 N–H and O–H groups in total. The maximum absolute atomic E-state index is 12.1. The molecule has 0 unspecified atom stereocenters. The van der Waals surface area contributed by atoms with Gasteiger partial charge in [0.2, 0.25) is 0 Å². The van der Waals surface area contributed by atoms with Crippen molar-refractivity contribution < 1.29 is 19.2 Å². The van der Waals surface area contributed by atoms with Gasteiger partial charge in [-0.2, -0.15) is 0 Å². The van der Waals surface area contributed by atoms with E-state index in [0.29, 0.717) is 35.2 Å². The number of carboxylic acids is 1. The highest BCUT2D eigenvalue weighted by molar-refractivity contribution is 5.97. The number of aryl methyl sites for hydroxylation is 1. The van der Waals surface area contributed by atoms with Crippen LogP contribution in [0.3, 0.4) is 0 Å². The number of aliphatic carboxylic acids is 1. The first-order valence-electron chi connectivity index (χ1n) is 6.75. The lowest BCUT2D eigenvalue weighted by Crippen LogP contribution is -2.47. The minimum atomic E-state index is -0.850. The van der Waals surface area contributed by atoms with Crippen LogP contribution in [-0.2, 0) is 4.79 Å². The summed E-state index contributed by atoms with van der Waals surface area (Å²) in [5.74, 6) is -1.19. The first-order valence-corrected chi connectivity index (χ1v) is 6.75. The molecule has 0 saturated heterocycles. The minimum Gasteiger partial charge on any atom is -0.481 e. The number of nitrogens with zero attached hydrogens (tertiary/aromatic N) is 2. The van der Waals surface area contributed by atoms with Crippen molar-refractivity contribution in [2.75, 3.05) is 6.54 Å². The Bertz CT molecular complexity index is 718. The van der Waals surface area contributed by atoms with Gasteiger partial charge in [-0.15, -0.1) is 0 Å². The van der Waals surface area contributed by atoms with Gasteiger partial charge in [0.25, 0.3) is 11.6 Å². The Balaban J connectivity index is 1.75. The van der Waals surface area contributed by atoms with Gasteiger partial charge in [-0.25, -0.2) is 4.98 Å². The summed E-state index contributed by atoms with van der Waals surface area (Å²) >= 11 is 0. The molecule has 110 valence electrons. The van der Waals surface area contributed by atoms with Gasteiger partial charge in [0, 0.05) is 12.7 Å². The van der Waals surface area contributed by atoms with Crippen molar-refractivity contribution in [1.82, 2.24) is 15.5 Å². The lowest BCUT2D eigenvalue weighted by Gasteiger charge is -2.37. The van der Waals surface area contributed by atoms with Crippen LogP contribution in [0.5, 0.6) is 0 Å². The lowest BCUT2D eigenvalue weighted by atomic mass is 9.69. The number of amides is 1. The van der Waals surface area contributed by atoms with E-state index in [1.54, 1.807) is 13.0 Å². The normalized spacial score (nSPS) is 16.4. The van der Waals surface area contributed by atoms with Crippen LogP contribution >= 0.6 is 0 Å². The zero-order chi connectivity index (χ0) is 15.0. The second-order valence-corrected chi connectivity index (χ2v) is 5.47. The summed E-state index contributed by atoms with van der Waals surface area (Å²) in [4.78, 5) is 27.4. The fourth-order valence-corrected chi connectivity index (χ4v) is 2.49. The molecule has 1 aliphatic rings. The molecule has 0 radical (unpaired) electrons. The molecule has 7 nitrogen and oxygen atoms in total. The van der Waals surface area contributed by atoms with E-state index in [4.69, 9.17) is 4.52 Å². The van der Waals surface area contributed by atoms with Crippen molar-refractivity contribution in [2.45, 2.75) is 26.2 Å². The number of carbonyl (C=O) groups is 2. The Morgan fingerprint density at radius 2 is 2.24 bits per heavy atom. The van der Waals surface area contributed by atoms with Crippen LogP contribution in [0.15, 0.2) is 16.8 Å². The molecule has 1 fully saturated rings. The van der Waals surface area contributed by atoms with Crippen LogP contribution in [0.1, 0.15) is 35.3 Å². The molecule has 21 heavy (non-hydrogen) atoms. The molecule has 0 aliphatic heterocycles. The van der Waals surface area contributed by atoms with E-state index in [2.05, 4.69) is 15.5 Å². The van der Waals surface area contributed by atoms with Crippen LogP contribution in [-0.4, -0.2) is 33.7 Å². The van der Waals surface area contributed by atoms with Crippen molar-refractivity contribution in [1.29, 1.82) is 0 Å². The predicted octanol–water partition coefficient (Wildman–Crippen LogP) is 1.52. The second kappa shape index (κ2) is 4.83. The Labute approximate surface area is 120 Å². The van der Waals surface area contributed by atoms with E-state index in [1.165, 1.54) is 6.20 Å². The number of pyridine rings is 1. The smallest absolute Gasteiger partial charge is 0.311 e. The average Bonchev–Trinajstić information content (AvgIpc) is 2.78. The Hall–Kier alpha value is -2.44. The van der Waals surface area contributed by atoms with E-state index in [0.717, 1.165) is 6.42 Å². The summed E-state index contributed by atoms with van der Waals surface area (Å²) in [7, 11) is 0. The zero-order valence-electron chi connectivity index (χ0n) is 11.5. The number of hydrogen-bond donors (Lipinski definition) is 2. The molecule has 1 amide bonds. The van der Waals surface area contributed by atoms with E-state index in [-0.39, 0.29) is 12.5 Å². The Morgan fingerprint density at radius 3 is 2.86 bits per heavy atom. The van der Waals surface area contributed by atoms with Crippen LogP contribution in [0.2, 0.25) is 0 Å². The van der Waals surface area contributed by atoms with Gasteiger partial charge in [0.05, 0.1) is 22.1 Å². The molecule has 0 bridgehead atoms. The lowest BCUT2D eigenvalue weighted by molar-refractivity contribution is -0.153. The molecule has 7 heteroatoms. The summed E-state index contributed by atoms with van der Waals surface area (Å²) in [5, 5.41) is 16.4. The molecular formula is C14H15N3O4. The molecule has 2 heterocycles. The summed E-state index contributed by atoms with van der Waals surface area (Å²) in [5.41, 5.74) is 0.604. The van der Waals surface area contributed by atoms with Gasteiger partial charge < -0.3 is 14.9 Å². The van der Waals surface area contributed by atoms with Gasteiger partial charge in [-0.3, -0.25) is 9.59 Å². The molecule has 0 aromatic carbocycles. The van der Waals surface area contributed by atoms with Gasteiger partial charge >= 0.3 is 5.97 Å². The van der Waals surface area contributed by atoms with Gasteiger partial charge in [-0.05, 0) is 25.8 Å². The summed E-state index contributed by atoms with van der Waals surface area (Å²) in [6.45, 7) is 1.91. The molecule has 0 atom stereocenters. The summed E-state index contributed by atoms with van der Waals surface area (Å²) < 4.78 is 4.99. The number of rotatable bonds is 4. The van der Waals surface area contributed by atoms with E-state index in [9.17, 15) is 14.7 Å². The summed E-state index contributed by atoms with van der Waals surface area (Å²) in [6.07, 6.45) is 3.49. The average molecular weight is 289 g/mol. The molecule has 0 spiro atoms. The van der Waals surface area contributed by atoms with Crippen molar-refractivity contribution in [3.63, 3.8) is 0 Å². The molecule has 1 aliphatic carbocycles. The minimum absolute atomic E-state index is 0.141. The third-order valence-corrected chi connectivity index (χ3v) is 4.12. The van der Waals surface area contributed by atoms with Crippen molar-refractivity contribution in [2.24, 2.45) is 5.41 Å². The summed E-state index contributed by atoms with van der Waals surface area (Å²) in [6, 6.07) is 1.65. The SMILES string of the molecule is Cc1noc2ncc(C(=O)NCC3(C(=O)O)CCC3)cc12. The molecule has 2 aromatic heterocycles. The van der Waals surface area contributed by atoms with Gasteiger partial charge in [-0.1, -0.05) is 11.6 Å². The molecule has 3 rings (SSSR count). The predicted molar refractivity (Wildman–Crippen MR) is 72.8 cm³/mol. The standard InChI is InChI=1S/C14H15N3O4/c1-8-10-5-9(6-15-12(10)21-17-8)11(18)16-7-14(13(19)20)3-2-4-14/h5-6H,2-4,7H2,1H3,(H,16,18)(H,19,20). The fraction of sp³-hybridized carbons (Fsp3) is 0.429. The fourth-order valence-electron chi connectivity index (χ4n) is 2.49. The highest BCUT2D eigenvalue weighted by atomic mass is 16.5. The monoisotopic (exact) mass is 289 g/mol. The zero-order valence-corrected chi connectivity index (χ0v) is 11.5. The molecule has 1 saturated carbocycles. The second-order valence-electron chi connectivity index (χ2n) is 5.47. The Kier molecular flexibility index (Phi) is 3.12. The molecule has 2 aromatic rings. The number of hydrogen-bond acceptors (Lipinski definition) is 5. The largest absolute Gasteiger partial charge is 0.481 e. The van der Waals surface area contributed by atoms with Crippen LogP contribution in [0, 0.1) is 12.3 Å². The highest BCUT2D eigenvalue weighted by Gasteiger charge is 2.44. The maximum atomic E-state index is 12.1. The van der Waals surface area contributed by atoms with Crippen molar-refractivity contribution >= 4 is 23.0 Å². The van der Waals surface area contributed by atoms with E-state index in [1.807, 2.05) is 0 Å².